The van der Waals surface area contributed by atoms with Crippen molar-refractivity contribution in [2.75, 3.05) is 26.8 Å². The minimum absolute atomic E-state index is 0.135. The lowest BCUT2D eigenvalue weighted by Gasteiger charge is -2.40. The normalized spacial score (nSPS) is 25.7. The van der Waals surface area contributed by atoms with Crippen LogP contribution >= 0.6 is 0 Å². The molecule has 104 valence electrons. The van der Waals surface area contributed by atoms with Crippen LogP contribution in [-0.2, 0) is 9.53 Å². The number of carboxylic acids is 1. The molecule has 2 amide bonds. The fourth-order valence-corrected chi connectivity index (χ4v) is 1.73. The summed E-state index contributed by atoms with van der Waals surface area (Å²) in [6, 6.07) is -1.39. The van der Waals surface area contributed by atoms with Crippen LogP contribution in [0.15, 0.2) is 0 Å². The van der Waals surface area contributed by atoms with Gasteiger partial charge in [0.25, 0.3) is 0 Å². The highest BCUT2D eigenvalue weighted by atomic mass is 16.5. The predicted molar refractivity (Wildman–Crippen MR) is 63.3 cm³/mol. The van der Waals surface area contributed by atoms with Crippen molar-refractivity contribution >= 4 is 12.0 Å². The third-order valence-electron chi connectivity index (χ3n) is 3.19. The third kappa shape index (κ3) is 3.11. The van der Waals surface area contributed by atoms with Crippen molar-refractivity contribution in [2.45, 2.75) is 32.0 Å². The number of ether oxygens (including phenoxy) is 1. The van der Waals surface area contributed by atoms with Gasteiger partial charge in [-0.2, -0.15) is 0 Å². The van der Waals surface area contributed by atoms with Crippen molar-refractivity contribution in [3.63, 3.8) is 0 Å². The van der Waals surface area contributed by atoms with E-state index in [2.05, 4.69) is 0 Å². The minimum Gasteiger partial charge on any atom is -0.480 e. The van der Waals surface area contributed by atoms with Gasteiger partial charge in [0.05, 0.1) is 31.9 Å². The van der Waals surface area contributed by atoms with Crippen LogP contribution in [0.2, 0.25) is 0 Å². The quantitative estimate of drug-likeness (QED) is 0.720. The summed E-state index contributed by atoms with van der Waals surface area (Å²) in [5.41, 5.74) is 0. The highest BCUT2D eigenvalue weighted by Crippen LogP contribution is 2.14. The first-order chi connectivity index (χ1) is 8.38. The standard InChI is InChI=1S/C11H20N2O5/c1-7-6-18-9(5-14)4-13(7)11(17)12(3)8(2)10(15)16/h7-9,14H,4-6H2,1-3H3,(H,15,16). The van der Waals surface area contributed by atoms with Gasteiger partial charge >= 0.3 is 12.0 Å². The number of hydrogen-bond acceptors (Lipinski definition) is 4. The molecule has 3 unspecified atom stereocenters. The number of amides is 2. The molecule has 0 aromatic rings. The monoisotopic (exact) mass is 260 g/mol. The van der Waals surface area contributed by atoms with Gasteiger partial charge in [-0.3, -0.25) is 0 Å². The van der Waals surface area contributed by atoms with Gasteiger partial charge in [-0.1, -0.05) is 0 Å². The number of aliphatic hydroxyl groups excluding tert-OH is 1. The van der Waals surface area contributed by atoms with Crippen LogP contribution in [0, 0.1) is 0 Å². The Kier molecular flexibility index (Phi) is 4.92. The first-order valence-electron chi connectivity index (χ1n) is 5.87. The lowest BCUT2D eigenvalue weighted by atomic mass is 10.2. The summed E-state index contributed by atoms with van der Waals surface area (Å²) in [4.78, 5) is 25.7. The summed E-state index contributed by atoms with van der Waals surface area (Å²) in [5.74, 6) is -1.05. The number of hydrogen-bond donors (Lipinski definition) is 2. The van der Waals surface area contributed by atoms with Gasteiger partial charge in [0.2, 0.25) is 0 Å². The van der Waals surface area contributed by atoms with Crippen LogP contribution in [0.3, 0.4) is 0 Å². The Bertz CT molecular complexity index is 323. The molecule has 0 aliphatic carbocycles. The molecule has 1 saturated heterocycles. The summed E-state index contributed by atoms with van der Waals surface area (Å²) in [6.07, 6.45) is -0.404. The average molecular weight is 260 g/mol. The highest BCUT2D eigenvalue weighted by Gasteiger charge is 2.33. The topological polar surface area (TPSA) is 90.3 Å². The van der Waals surface area contributed by atoms with E-state index >= 15 is 0 Å². The summed E-state index contributed by atoms with van der Waals surface area (Å²) >= 11 is 0. The second-order valence-electron chi connectivity index (χ2n) is 4.55. The largest absolute Gasteiger partial charge is 0.480 e. The minimum atomic E-state index is -1.05. The molecule has 1 rings (SSSR count). The number of aliphatic carboxylic acids is 1. The number of carbonyl (C=O) groups is 2. The highest BCUT2D eigenvalue weighted by molar-refractivity contribution is 5.82. The number of aliphatic hydroxyl groups is 1. The molecule has 1 fully saturated rings. The molecule has 3 atom stereocenters. The van der Waals surface area contributed by atoms with Gasteiger partial charge in [0.15, 0.2) is 0 Å². The number of carboxylic acid groups (broad SMARTS) is 1. The average Bonchev–Trinajstić information content (AvgIpc) is 2.36. The molecule has 1 aliphatic heterocycles. The number of rotatable bonds is 3. The van der Waals surface area contributed by atoms with Gasteiger partial charge in [-0.25, -0.2) is 9.59 Å². The molecule has 0 spiro atoms. The summed E-state index contributed by atoms with van der Waals surface area (Å²) in [6.45, 7) is 3.73. The summed E-state index contributed by atoms with van der Waals surface area (Å²) in [5, 5.41) is 17.9. The van der Waals surface area contributed by atoms with Crippen molar-refractivity contribution in [2.24, 2.45) is 0 Å². The Labute approximate surface area is 106 Å². The molecule has 7 heteroatoms. The molecule has 0 aromatic heterocycles. The zero-order valence-electron chi connectivity index (χ0n) is 10.9. The van der Waals surface area contributed by atoms with Crippen molar-refractivity contribution in [3.8, 4) is 0 Å². The van der Waals surface area contributed by atoms with Crippen molar-refractivity contribution in [3.05, 3.63) is 0 Å². The molecule has 2 N–H and O–H groups in total. The lowest BCUT2D eigenvalue weighted by molar-refractivity contribution is -0.141. The van der Waals surface area contributed by atoms with Crippen LogP contribution in [-0.4, -0.2) is 77.0 Å². The molecule has 0 aromatic carbocycles. The number of urea groups is 1. The van der Waals surface area contributed by atoms with Gasteiger partial charge in [0.1, 0.15) is 6.04 Å². The molecule has 18 heavy (non-hydrogen) atoms. The van der Waals surface area contributed by atoms with Crippen molar-refractivity contribution in [1.29, 1.82) is 0 Å². The third-order valence-corrected chi connectivity index (χ3v) is 3.19. The molecule has 0 bridgehead atoms. The maximum absolute atomic E-state index is 12.2. The fourth-order valence-electron chi connectivity index (χ4n) is 1.73. The molecule has 0 saturated carbocycles. The van der Waals surface area contributed by atoms with Crippen LogP contribution in [0.1, 0.15) is 13.8 Å². The molecule has 1 heterocycles. The summed E-state index contributed by atoms with van der Waals surface area (Å²) in [7, 11) is 1.46. The van der Waals surface area contributed by atoms with Crippen LogP contribution in [0.4, 0.5) is 4.79 Å². The van der Waals surface area contributed by atoms with Gasteiger partial charge in [0, 0.05) is 7.05 Å². The number of likely N-dealkylation sites (N-methyl/N-ethyl adjacent to an activating group) is 1. The van der Waals surface area contributed by atoms with E-state index in [1.807, 2.05) is 6.92 Å². The van der Waals surface area contributed by atoms with Gasteiger partial charge in [-0.05, 0) is 13.8 Å². The van der Waals surface area contributed by atoms with E-state index in [0.717, 1.165) is 0 Å². The van der Waals surface area contributed by atoms with Gasteiger partial charge < -0.3 is 24.7 Å². The molecular weight excluding hydrogens is 240 g/mol. The van der Waals surface area contributed by atoms with E-state index in [4.69, 9.17) is 14.9 Å². The Hall–Kier alpha value is -1.34. The molecule has 7 nitrogen and oxygen atoms in total. The zero-order chi connectivity index (χ0) is 13.9. The van der Waals surface area contributed by atoms with E-state index in [-0.39, 0.29) is 25.2 Å². The summed E-state index contributed by atoms with van der Waals surface area (Å²) < 4.78 is 5.33. The fraction of sp³-hybridized carbons (Fsp3) is 0.818. The number of nitrogens with zero attached hydrogens (tertiary/aromatic N) is 2. The zero-order valence-corrected chi connectivity index (χ0v) is 10.9. The Morgan fingerprint density at radius 2 is 2.17 bits per heavy atom. The van der Waals surface area contributed by atoms with Crippen LogP contribution < -0.4 is 0 Å². The Morgan fingerprint density at radius 1 is 1.56 bits per heavy atom. The maximum Gasteiger partial charge on any atom is 0.326 e. The Morgan fingerprint density at radius 3 is 2.67 bits per heavy atom. The van der Waals surface area contributed by atoms with Crippen LogP contribution in [0.25, 0.3) is 0 Å². The van der Waals surface area contributed by atoms with E-state index in [9.17, 15) is 9.59 Å². The molecular formula is C11H20N2O5. The van der Waals surface area contributed by atoms with E-state index in [1.54, 1.807) is 0 Å². The first kappa shape index (κ1) is 14.7. The molecule has 0 radical (unpaired) electrons. The first-order valence-corrected chi connectivity index (χ1v) is 5.87. The second-order valence-corrected chi connectivity index (χ2v) is 4.55. The number of carbonyl (C=O) groups excluding carboxylic acids is 1. The van der Waals surface area contributed by atoms with E-state index in [1.165, 1.54) is 23.8 Å². The van der Waals surface area contributed by atoms with Crippen molar-refractivity contribution in [1.82, 2.24) is 9.80 Å². The van der Waals surface area contributed by atoms with Crippen LogP contribution in [0.5, 0.6) is 0 Å². The number of morpholine rings is 1. The van der Waals surface area contributed by atoms with E-state index < -0.39 is 18.1 Å². The SMILES string of the molecule is CC(C(=O)O)N(C)C(=O)N1CC(CO)OCC1C. The molecule has 1 aliphatic rings. The van der Waals surface area contributed by atoms with Gasteiger partial charge in [-0.15, -0.1) is 0 Å². The maximum atomic E-state index is 12.2. The smallest absolute Gasteiger partial charge is 0.326 e. The predicted octanol–water partition coefficient (Wildman–Crippen LogP) is -0.407. The lowest BCUT2D eigenvalue weighted by Crippen LogP contribution is -2.57. The Balaban J connectivity index is 2.72. The van der Waals surface area contributed by atoms with E-state index in [0.29, 0.717) is 6.61 Å². The second kappa shape index (κ2) is 6.01. The van der Waals surface area contributed by atoms with Crippen molar-refractivity contribution < 1.29 is 24.5 Å².